The van der Waals surface area contributed by atoms with E-state index in [2.05, 4.69) is 15.9 Å². The second kappa shape index (κ2) is 5.81. The van der Waals surface area contributed by atoms with Gasteiger partial charge in [0.05, 0.1) is 6.61 Å². The van der Waals surface area contributed by atoms with Gasteiger partial charge in [0.2, 0.25) is 0 Å². The standard InChI is InChI=1S/C8H14BrClO2/c1-3-5-6-8(9,10)7(11)12-4-2/h3-6H2,1-2H3. The van der Waals surface area contributed by atoms with E-state index in [9.17, 15) is 4.79 Å². The van der Waals surface area contributed by atoms with E-state index in [4.69, 9.17) is 16.3 Å². The minimum absolute atomic E-state index is 0.366. The third kappa shape index (κ3) is 4.31. The van der Waals surface area contributed by atoms with Gasteiger partial charge in [-0.25, -0.2) is 4.79 Å². The number of alkyl halides is 2. The van der Waals surface area contributed by atoms with E-state index >= 15 is 0 Å². The number of hydrogen-bond donors (Lipinski definition) is 0. The molecule has 0 bridgehead atoms. The maximum atomic E-state index is 11.2. The van der Waals surface area contributed by atoms with Gasteiger partial charge in [0.15, 0.2) is 3.78 Å². The van der Waals surface area contributed by atoms with Gasteiger partial charge in [-0.1, -0.05) is 47.3 Å². The van der Waals surface area contributed by atoms with Crippen LogP contribution in [0.15, 0.2) is 0 Å². The number of rotatable bonds is 5. The molecule has 0 amide bonds. The van der Waals surface area contributed by atoms with E-state index in [1.54, 1.807) is 6.92 Å². The average molecular weight is 258 g/mol. The van der Waals surface area contributed by atoms with Crippen LogP contribution in [0.4, 0.5) is 0 Å². The number of hydrogen-bond acceptors (Lipinski definition) is 2. The van der Waals surface area contributed by atoms with Crippen molar-refractivity contribution in [2.75, 3.05) is 6.61 Å². The molecular formula is C8H14BrClO2. The van der Waals surface area contributed by atoms with Crippen LogP contribution in [0.25, 0.3) is 0 Å². The number of unbranched alkanes of at least 4 members (excludes halogenated alkanes) is 1. The second-order valence-electron chi connectivity index (χ2n) is 2.53. The minimum Gasteiger partial charge on any atom is -0.464 e. The Balaban J connectivity index is 3.90. The number of carbonyl (C=O) groups is 1. The maximum absolute atomic E-state index is 11.2. The van der Waals surface area contributed by atoms with Crippen molar-refractivity contribution in [2.45, 2.75) is 36.9 Å². The summed E-state index contributed by atoms with van der Waals surface area (Å²) in [6.07, 6.45) is 2.52. The molecule has 1 atom stereocenters. The highest BCUT2D eigenvalue weighted by atomic mass is 79.9. The van der Waals surface area contributed by atoms with Gasteiger partial charge < -0.3 is 4.74 Å². The third-order valence-corrected chi connectivity index (χ3v) is 2.48. The van der Waals surface area contributed by atoms with E-state index in [0.717, 1.165) is 12.8 Å². The molecule has 0 rings (SSSR count). The monoisotopic (exact) mass is 256 g/mol. The molecule has 0 aromatic carbocycles. The summed E-state index contributed by atoms with van der Waals surface area (Å²) in [5.41, 5.74) is 0. The van der Waals surface area contributed by atoms with Gasteiger partial charge in [0.25, 0.3) is 0 Å². The maximum Gasteiger partial charge on any atom is 0.338 e. The molecule has 2 nitrogen and oxygen atoms in total. The van der Waals surface area contributed by atoms with Crippen molar-refractivity contribution in [3.63, 3.8) is 0 Å². The van der Waals surface area contributed by atoms with E-state index in [-0.39, 0.29) is 5.97 Å². The van der Waals surface area contributed by atoms with Gasteiger partial charge >= 0.3 is 5.97 Å². The molecule has 12 heavy (non-hydrogen) atoms. The Kier molecular flexibility index (Phi) is 5.93. The Morgan fingerprint density at radius 1 is 1.58 bits per heavy atom. The zero-order valence-corrected chi connectivity index (χ0v) is 9.74. The van der Waals surface area contributed by atoms with Crippen LogP contribution in [0.2, 0.25) is 0 Å². The second-order valence-corrected chi connectivity index (χ2v) is 4.98. The molecule has 0 aromatic rings. The summed E-state index contributed by atoms with van der Waals surface area (Å²) in [7, 11) is 0. The summed E-state index contributed by atoms with van der Waals surface area (Å²) < 4.78 is 3.77. The highest BCUT2D eigenvalue weighted by Gasteiger charge is 2.33. The highest BCUT2D eigenvalue weighted by molar-refractivity contribution is 9.10. The normalized spacial score (nSPS) is 15.3. The summed E-state index contributed by atoms with van der Waals surface area (Å²) in [6, 6.07) is 0. The highest BCUT2D eigenvalue weighted by Crippen LogP contribution is 2.31. The quantitative estimate of drug-likeness (QED) is 0.559. The zero-order chi connectivity index (χ0) is 9.61. The first-order valence-electron chi connectivity index (χ1n) is 4.09. The number of halogens is 2. The molecule has 0 spiro atoms. The van der Waals surface area contributed by atoms with Crippen molar-refractivity contribution < 1.29 is 9.53 Å². The molecule has 4 heteroatoms. The van der Waals surface area contributed by atoms with Crippen molar-refractivity contribution >= 4 is 33.5 Å². The predicted octanol–water partition coefficient (Wildman–Crippen LogP) is 3.07. The number of ether oxygens (including phenoxy) is 1. The summed E-state index contributed by atoms with van der Waals surface area (Å²) in [5, 5.41) is 0. The molecule has 0 aromatic heterocycles. The average Bonchev–Trinajstić information content (AvgIpc) is 2.01. The Hall–Kier alpha value is 0.240. The van der Waals surface area contributed by atoms with E-state index in [0.29, 0.717) is 13.0 Å². The molecule has 0 saturated carbocycles. The van der Waals surface area contributed by atoms with Crippen LogP contribution in [0.5, 0.6) is 0 Å². The SMILES string of the molecule is CCCCC(Cl)(Br)C(=O)OCC. The number of esters is 1. The molecule has 0 saturated heterocycles. The van der Waals surface area contributed by atoms with E-state index < -0.39 is 3.78 Å². The molecule has 0 aliphatic heterocycles. The van der Waals surface area contributed by atoms with Crippen LogP contribution in [0.3, 0.4) is 0 Å². The molecular weight excluding hydrogens is 243 g/mol. The van der Waals surface area contributed by atoms with Gasteiger partial charge in [-0.2, -0.15) is 0 Å². The van der Waals surface area contributed by atoms with Crippen molar-refractivity contribution in [1.82, 2.24) is 0 Å². The topological polar surface area (TPSA) is 26.3 Å². The van der Waals surface area contributed by atoms with Crippen LogP contribution in [-0.2, 0) is 9.53 Å². The Morgan fingerprint density at radius 2 is 2.17 bits per heavy atom. The Morgan fingerprint density at radius 3 is 2.58 bits per heavy atom. The van der Waals surface area contributed by atoms with Gasteiger partial charge in [-0.3, -0.25) is 0 Å². The molecule has 0 N–H and O–H groups in total. The van der Waals surface area contributed by atoms with Crippen LogP contribution in [-0.4, -0.2) is 16.4 Å². The molecule has 0 fully saturated rings. The summed E-state index contributed by atoms with van der Waals surface area (Å²) in [6.45, 7) is 4.17. The first-order chi connectivity index (χ1) is 5.54. The fourth-order valence-electron chi connectivity index (χ4n) is 0.738. The largest absolute Gasteiger partial charge is 0.464 e. The molecule has 0 radical (unpaired) electrons. The Bertz CT molecular complexity index is 148. The lowest BCUT2D eigenvalue weighted by molar-refractivity contribution is -0.143. The van der Waals surface area contributed by atoms with Crippen LogP contribution in [0.1, 0.15) is 33.1 Å². The lowest BCUT2D eigenvalue weighted by Crippen LogP contribution is -2.27. The fourth-order valence-corrected chi connectivity index (χ4v) is 1.32. The summed E-state index contributed by atoms with van der Waals surface area (Å²) >= 11 is 9.03. The predicted molar refractivity (Wildman–Crippen MR) is 53.7 cm³/mol. The lowest BCUT2D eigenvalue weighted by atomic mass is 10.2. The molecule has 1 unspecified atom stereocenters. The summed E-state index contributed by atoms with van der Waals surface area (Å²) in [5.74, 6) is -0.389. The van der Waals surface area contributed by atoms with Crippen LogP contribution < -0.4 is 0 Å². The summed E-state index contributed by atoms with van der Waals surface area (Å²) in [4.78, 5) is 11.2. The van der Waals surface area contributed by atoms with Crippen molar-refractivity contribution in [3.05, 3.63) is 0 Å². The van der Waals surface area contributed by atoms with Gasteiger partial charge in [0, 0.05) is 0 Å². The van der Waals surface area contributed by atoms with Crippen LogP contribution >= 0.6 is 27.5 Å². The molecule has 0 heterocycles. The molecule has 72 valence electrons. The van der Waals surface area contributed by atoms with Gasteiger partial charge in [-0.05, 0) is 13.3 Å². The first kappa shape index (κ1) is 12.2. The smallest absolute Gasteiger partial charge is 0.338 e. The van der Waals surface area contributed by atoms with E-state index in [1.165, 1.54) is 0 Å². The number of carbonyl (C=O) groups excluding carboxylic acids is 1. The van der Waals surface area contributed by atoms with Crippen molar-refractivity contribution in [1.29, 1.82) is 0 Å². The zero-order valence-electron chi connectivity index (χ0n) is 7.40. The third-order valence-electron chi connectivity index (χ3n) is 1.42. The minimum atomic E-state index is -1.01. The molecule has 0 aliphatic rings. The lowest BCUT2D eigenvalue weighted by Gasteiger charge is -2.16. The first-order valence-corrected chi connectivity index (χ1v) is 5.26. The van der Waals surface area contributed by atoms with Crippen molar-refractivity contribution in [3.8, 4) is 0 Å². The van der Waals surface area contributed by atoms with E-state index in [1.807, 2.05) is 6.92 Å². The molecule has 0 aliphatic carbocycles. The fraction of sp³-hybridized carbons (Fsp3) is 0.875. The van der Waals surface area contributed by atoms with Crippen molar-refractivity contribution in [2.24, 2.45) is 0 Å². The Labute approximate surface area is 86.7 Å². The van der Waals surface area contributed by atoms with Gasteiger partial charge in [0.1, 0.15) is 0 Å². The van der Waals surface area contributed by atoms with Crippen LogP contribution in [0, 0.1) is 0 Å². The van der Waals surface area contributed by atoms with Gasteiger partial charge in [-0.15, -0.1) is 0 Å².